The molecule has 3 fully saturated rings. The van der Waals surface area contributed by atoms with Crippen LogP contribution >= 0.6 is 11.6 Å². The maximum atomic E-state index is 6.05. The van der Waals surface area contributed by atoms with Gasteiger partial charge >= 0.3 is 0 Å². The Morgan fingerprint density at radius 2 is 2.00 bits per heavy atom. The van der Waals surface area contributed by atoms with Gasteiger partial charge in [0, 0.05) is 6.04 Å². The van der Waals surface area contributed by atoms with Gasteiger partial charge in [0.05, 0.1) is 6.20 Å². The van der Waals surface area contributed by atoms with Gasteiger partial charge in [0.15, 0.2) is 0 Å². The number of anilines is 1. The molecule has 0 aromatic carbocycles. The van der Waals surface area contributed by atoms with E-state index in [0.29, 0.717) is 11.1 Å². The van der Waals surface area contributed by atoms with Crippen LogP contribution in [0.15, 0.2) is 12.5 Å². The number of fused-ring (bicyclic) bond motifs is 5. The summed E-state index contributed by atoms with van der Waals surface area (Å²) >= 11 is 6.05. The fraction of sp³-hybridized carbons (Fsp3) is 0.667. The Labute approximate surface area is 99.6 Å². The largest absolute Gasteiger partial charge is 0.365 e. The summed E-state index contributed by atoms with van der Waals surface area (Å²) in [6, 6.07) is 0.638. The quantitative estimate of drug-likeness (QED) is 0.856. The number of hydrogen-bond donors (Lipinski definition) is 1. The first kappa shape index (κ1) is 9.23. The van der Waals surface area contributed by atoms with Crippen molar-refractivity contribution in [3.05, 3.63) is 17.5 Å². The Kier molecular flexibility index (Phi) is 1.79. The summed E-state index contributed by atoms with van der Waals surface area (Å²) in [4.78, 5) is 8.11. The number of rotatable bonds is 2. The normalized spacial score (nSPS) is 43.2. The first-order valence-corrected chi connectivity index (χ1v) is 6.44. The molecule has 3 saturated carbocycles. The van der Waals surface area contributed by atoms with Crippen LogP contribution in [0.3, 0.4) is 0 Å². The molecule has 1 N–H and O–H groups in total. The second-order valence-corrected chi connectivity index (χ2v) is 5.78. The molecule has 0 aliphatic heterocycles. The topological polar surface area (TPSA) is 37.8 Å². The Bertz CT molecular complexity index is 420. The predicted molar refractivity (Wildman–Crippen MR) is 62.3 cm³/mol. The number of aromatic nitrogens is 2. The SMILES string of the molecule is Clc1cncnc1NC1C2C3CCC(C3)C12. The van der Waals surface area contributed by atoms with Crippen molar-refractivity contribution in [1.82, 2.24) is 9.97 Å². The van der Waals surface area contributed by atoms with Crippen molar-refractivity contribution in [3.8, 4) is 0 Å². The Balaban J connectivity index is 1.53. The fourth-order valence-corrected chi connectivity index (χ4v) is 4.25. The molecule has 3 aliphatic carbocycles. The highest BCUT2D eigenvalue weighted by atomic mass is 35.5. The van der Waals surface area contributed by atoms with Crippen molar-refractivity contribution in [2.75, 3.05) is 5.32 Å². The van der Waals surface area contributed by atoms with E-state index in [2.05, 4.69) is 15.3 Å². The van der Waals surface area contributed by atoms with Crippen molar-refractivity contribution < 1.29 is 0 Å². The highest BCUT2D eigenvalue weighted by Gasteiger charge is 2.65. The lowest BCUT2D eigenvalue weighted by molar-refractivity contribution is 0.456. The van der Waals surface area contributed by atoms with Crippen LogP contribution in [0.5, 0.6) is 0 Å². The summed E-state index contributed by atoms with van der Waals surface area (Å²) in [6.45, 7) is 0. The maximum absolute atomic E-state index is 6.05. The molecule has 4 heteroatoms. The molecular weight excluding hydrogens is 222 g/mol. The highest BCUT2D eigenvalue weighted by Crippen LogP contribution is 2.66. The van der Waals surface area contributed by atoms with Crippen LogP contribution in [-0.4, -0.2) is 16.0 Å². The van der Waals surface area contributed by atoms with Crippen molar-refractivity contribution >= 4 is 17.4 Å². The van der Waals surface area contributed by atoms with Crippen LogP contribution in [0.2, 0.25) is 5.02 Å². The zero-order chi connectivity index (χ0) is 10.7. The predicted octanol–water partition coefficient (Wildman–Crippen LogP) is 2.59. The highest BCUT2D eigenvalue weighted by molar-refractivity contribution is 6.32. The summed E-state index contributed by atoms with van der Waals surface area (Å²) in [5, 5.41) is 4.14. The van der Waals surface area contributed by atoms with Gasteiger partial charge in [-0.2, -0.15) is 0 Å². The van der Waals surface area contributed by atoms with Gasteiger partial charge in [-0.25, -0.2) is 9.97 Å². The third-order valence-corrected chi connectivity index (χ3v) is 4.98. The molecule has 84 valence electrons. The number of nitrogens with zero attached hydrogens (tertiary/aromatic N) is 2. The van der Waals surface area contributed by atoms with Gasteiger partial charge in [-0.05, 0) is 42.9 Å². The minimum atomic E-state index is 0.638. The molecule has 3 aliphatic rings. The molecule has 4 rings (SSSR count). The van der Waals surface area contributed by atoms with Gasteiger partial charge in [0.2, 0.25) is 0 Å². The standard InChI is InChI=1S/C12H14ClN3/c13-8-4-14-5-15-12(8)16-11-9-6-1-2-7(3-6)10(9)11/h4-7,9-11H,1-3H2,(H,14,15,16). The third-order valence-electron chi connectivity index (χ3n) is 4.71. The lowest BCUT2D eigenvalue weighted by atomic mass is 10.0. The summed E-state index contributed by atoms with van der Waals surface area (Å²) in [5.41, 5.74) is 0. The van der Waals surface area contributed by atoms with Gasteiger partial charge in [-0.15, -0.1) is 0 Å². The Hall–Kier alpha value is -0.830. The van der Waals surface area contributed by atoms with Gasteiger partial charge in [-0.3, -0.25) is 0 Å². The van der Waals surface area contributed by atoms with E-state index in [1.807, 2.05) is 0 Å². The van der Waals surface area contributed by atoms with Crippen molar-refractivity contribution in [2.45, 2.75) is 25.3 Å². The zero-order valence-corrected chi connectivity index (χ0v) is 9.69. The van der Waals surface area contributed by atoms with Crippen LogP contribution in [0.1, 0.15) is 19.3 Å². The molecule has 16 heavy (non-hydrogen) atoms. The van der Waals surface area contributed by atoms with Crippen LogP contribution < -0.4 is 5.32 Å². The van der Waals surface area contributed by atoms with E-state index in [1.165, 1.54) is 19.3 Å². The molecule has 0 amide bonds. The molecule has 0 saturated heterocycles. The molecule has 4 unspecified atom stereocenters. The van der Waals surface area contributed by atoms with E-state index in [0.717, 1.165) is 29.5 Å². The molecule has 0 radical (unpaired) electrons. The maximum Gasteiger partial charge on any atom is 0.148 e. The molecule has 1 heterocycles. The monoisotopic (exact) mass is 235 g/mol. The lowest BCUT2D eigenvalue weighted by Gasteiger charge is -2.11. The van der Waals surface area contributed by atoms with E-state index in [1.54, 1.807) is 12.5 Å². The van der Waals surface area contributed by atoms with Gasteiger partial charge in [-0.1, -0.05) is 11.6 Å². The Morgan fingerprint density at radius 1 is 1.25 bits per heavy atom. The minimum Gasteiger partial charge on any atom is -0.365 e. The summed E-state index contributed by atoms with van der Waals surface area (Å²) in [5.74, 6) is 4.59. The fourth-order valence-electron chi connectivity index (χ4n) is 4.10. The number of hydrogen-bond acceptors (Lipinski definition) is 3. The first-order chi connectivity index (χ1) is 7.84. The van der Waals surface area contributed by atoms with E-state index in [4.69, 9.17) is 11.6 Å². The van der Waals surface area contributed by atoms with E-state index < -0.39 is 0 Å². The second kappa shape index (κ2) is 3.10. The number of nitrogens with one attached hydrogen (secondary N) is 1. The third kappa shape index (κ3) is 1.15. The molecule has 2 bridgehead atoms. The summed E-state index contributed by atoms with van der Waals surface area (Å²) in [6.07, 6.45) is 7.58. The van der Waals surface area contributed by atoms with Gasteiger partial charge in [0.25, 0.3) is 0 Å². The minimum absolute atomic E-state index is 0.638. The van der Waals surface area contributed by atoms with Gasteiger partial charge < -0.3 is 5.32 Å². The molecule has 0 spiro atoms. The molecule has 3 nitrogen and oxygen atoms in total. The molecule has 1 aromatic heterocycles. The van der Waals surface area contributed by atoms with E-state index >= 15 is 0 Å². The van der Waals surface area contributed by atoms with Gasteiger partial charge in [0.1, 0.15) is 17.2 Å². The van der Waals surface area contributed by atoms with Crippen LogP contribution in [0.4, 0.5) is 5.82 Å². The zero-order valence-electron chi connectivity index (χ0n) is 8.94. The molecule has 4 atom stereocenters. The Morgan fingerprint density at radius 3 is 2.69 bits per heavy atom. The molecule has 1 aromatic rings. The van der Waals surface area contributed by atoms with E-state index in [-0.39, 0.29) is 0 Å². The van der Waals surface area contributed by atoms with Crippen molar-refractivity contribution in [3.63, 3.8) is 0 Å². The van der Waals surface area contributed by atoms with Crippen molar-refractivity contribution in [2.24, 2.45) is 23.7 Å². The molecular formula is C12H14ClN3. The summed E-state index contributed by atoms with van der Waals surface area (Å²) < 4.78 is 0. The smallest absolute Gasteiger partial charge is 0.148 e. The number of halogens is 1. The summed E-state index contributed by atoms with van der Waals surface area (Å²) in [7, 11) is 0. The first-order valence-electron chi connectivity index (χ1n) is 6.06. The lowest BCUT2D eigenvalue weighted by Crippen LogP contribution is -2.13. The second-order valence-electron chi connectivity index (χ2n) is 5.38. The van der Waals surface area contributed by atoms with Crippen molar-refractivity contribution in [1.29, 1.82) is 0 Å². The van der Waals surface area contributed by atoms with Crippen LogP contribution in [-0.2, 0) is 0 Å². The average Bonchev–Trinajstić information content (AvgIpc) is 2.71. The van der Waals surface area contributed by atoms with Crippen LogP contribution in [0, 0.1) is 23.7 Å². The van der Waals surface area contributed by atoms with Crippen LogP contribution in [0.25, 0.3) is 0 Å². The van der Waals surface area contributed by atoms with E-state index in [9.17, 15) is 0 Å². The average molecular weight is 236 g/mol.